The standard InChI is InChI=1S/C22H22N6OS/c1-16-7-8-20(11-17(16)2)28-15-23-26-22(28)30-14-21(29)25-19-6-3-5-18(12-19)13-27-10-4-9-24-27/h3-12,15H,13-14H2,1-2H3,(H,25,29). The summed E-state index contributed by atoms with van der Waals surface area (Å²) < 4.78 is 3.74. The second-order valence-electron chi connectivity index (χ2n) is 6.99. The number of amides is 1. The van der Waals surface area contributed by atoms with Gasteiger partial charge in [-0.25, -0.2) is 0 Å². The van der Waals surface area contributed by atoms with Crippen molar-refractivity contribution in [3.8, 4) is 5.69 Å². The number of hydrogen-bond donors (Lipinski definition) is 1. The van der Waals surface area contributed by atoms with Crippen LogP contribution in [-0.4, -0.2) is 36.2 Å². The highest BCUT2D eigenvalue weighted by Crippen LogP contribution is 2.22. The average Bonchev–Trinajstić information content (AvgIpc) is 3.41. The molecule has 4 rings (SSSR count). The smallest absolute Gasteiger partial charge is 0.234 e. The molecule has 0 spiro atoms. The van der Waals surface area contributed by atoms with Crippen LogP contribution in [0.15, 0.2) is 72.4 Å². The van der Waals surface area contributed by atoms with Crippen molar-refractivity contribution in [1.29, 1.82) is 0 Å². The van der Waals surface area contributed by atoms with Gasteiger partial charge in [0.05, 0.1) is 12.3 Å². The number of benzene rings is 2. The third kappa shape index (κ3) is 4.77. The number of aromatic nitrogens is 5. The summed E-state index contributed by atoms with van der Waals surface area (Å²) in [4.78, 5) is 12.5. The predicted molar refractivity (Wildman–Crippen MR) is 118 cm³/mol. The topological polar surface area (TPSA) is 77.6 Å². The van der Waals surface area contributed by atoms with Crippen molar-refractivity contribution >= 4 is 23.4 Å². The summed E-state index contributed by atoms with van der Waals surface area (Å²) in [6, 6.07) is 15.9. The SMILES string of the molecule is Cc1ccc(-n2cnnc2SCC(=O)Nc2cccc(Cn3cccn3)c2)cc1C. The quantitative estimate of drug-likeness (QED) is 0.461. The molecule has 0 atom stereocenters. The van der Waals surface area contributed by atoms with E-state index < -0.39 is 0 Å². The van der Waals surface area contributed by atoms with Gasteiger partial charge in [-0.05, 0) is 60.9 Å². The molecule has 0 bridgehead atoms. The first-order valence-corrected chi connectivity index (χ1v) is 10.5. The van der Waals surface area contributed by atoms with E-state index in [1.165, 1.54) is 22.9 Å². The summed E-state index contributed by atoms with van der Waals surface area (Å²) in [5.41, 5.74) is 5.25. The van der Waals surface area contributed by atoms with Gasteiger partial charge in [0.25, 0.3) is 0 Å². The van der Waals surface area contributed by atoms with E-state index >= 15 is 0 Å². The first kappa shape index (κ1) is 19.9. The van der Waals surface area contributed by atoms with Crippen LogP contribution < -0.4 is 5.32 Å². The maximum atomic E-state index is 12.5. The largest absolute Gasteiger partial charge is 0.325 e. The van der Waals surface area contributed by atoms with E-state index in [0.29, 0.717) is 11.7 Å². The fourth-order valence-corrected chi connectivity index (χ4v) is 3.76. The average molecular weight is 419 g/mol. The highest BCUT2D eigenvalue weighted by Gasteiger charge is 2.11. The lowest BCUT2D eigenvalue weighted by Gasteiger charge is -2.09. The van der Waals surface area contributed by atoms with Crippen LogP contribution in [0.5, 0.6) is 0 Å². The zero-order chi connectivity index (χ0) is 20.9. The van der Waals surface area contributed by atoms with Gasteiger partial charge in [-0.15, -0.1) is 10.2 Å². The van der Waals surface area contributed by atoms with Crippen LogP contribution in [0.4, 0.5) is 5.69 Å². The van der Waals surface area contributed by atoms with Crippen molar-refractivity contribution in [2.45, 2.75) is 25.5 Å². The van der Waals surface area contributed by atoms with Gasteiger partial charge in [-0.2, -0.15) is 5.10 Å². The minimum absolute atomic E-state index is 0.0918. The number of aryl methyl sites for hydroxylation is 2. The number of carbonyl (C=O) groups is 1. The molecule has 7 nitrogen and oxygen atoms in total. The van der Waals surface area contributed by atoms with Crippen LogP contribution in [0.1, 0.15) is 16.7 Å². The molecule has 30 heavy (non-hydrogen) atoms. The summed E-state index contributed by atoms with van der Waals surface area (Å²) >= 11 is 1.36. The molecule has 8 heteroatoms. The van der Waals surface area contributed by atoms with E-state index in [2.05, 4.69) is 46.6 Å². The molecule has 4 aromatic rings. The molecule has 0 fully saturated rings. The zero-order valence-corrected chi connectivity index (χ0v) is 17.6. The summed E-state index contributed by atoms with van der Waals surface area (Å²) in [7, 11) is 0. The lowest BCUT2D eigenvalue weighted by atomic mass is 10.1. The normalized spacial score (nSPS) is 10.9. The van der Waals surface area contributed by atoms with E-state index in [0.717, 1.165) is 16.9 Å². The minimum Gasteiger partial charge on any atom is -0.325 e. The number of rotatable bonds is 7. The number of thioether (sulfide) groups is 1. The second kappa shape index (κ2) is 8.96. The molecule has 2 aromatic heterocycles. The van der Waals surface area contributed by atoms with Crippen LogP contribution in [0, 0.1) is 13.8 Å². The van der Waals surface area contributed by atoms with Crippen LogP contribution in [0.25, 0.3) is 5.69 Å². The molecular weight excluding hydrogens is 396 g/mol. The molecule has 0 aliphatic carbocycles. The first-order chi connectivity index (χ1) is 14.6. The van der Waals surface area contributed by atoms with E-state index in [1.54, 1.807) is 12.5 Å². The van der Waals surface area contributed by atoms with Crippen molar-refractivity contribution in [3.63, 3.8) is 0 Å². The Balaban J connectivity index is 1.38. The van der Waals surface area contributed by atoms with E-state index in [-0.39, 0.29) is 11.7 Å². The molecule has 0 saturated heterocycles. The third-order valence-electron chi connectivity index (χ3n) is 4.73. The lowest BCUT2D eigenvalue weighted by Crippen LogP contribution is -2.14. The van der Waals surface area contributed by atoms with Gasteiger partial charge in [0.15, 0.2) is 5.16 Å². The van der Waals surface area contributed by atoms with E-state index in [1.807, 2.05) is 51.8 Å². The molecule has 0 saturated carbocycles. The molecular formula is C22H22N6OS. The molecule has 1 amide bonds. The Bertz CT molecular complexity index is 1150. The Morgan fingerprint density at radius 1 is 1.10 bits per heavy atom. The zero-order valence-electron chi connectivity index (χ0n) is 16.8. The molecule has 2 heterocycles. The van der Waals surface area contributed by atoms with Crippen LogP contribution >= 0.6 is 11.8 Å². The number of hydrogen-bond acceptors (Lipinski definition) is 5. The molecule has 152 valence electrons. The molecule has 0 aliphatic rings. The third-order valence-corrected chi connectivity index (χ3v) is 5.68. The Labute approximate surface area is 179 Å². The minimum atomic E-state index is -0.0918. The lowest BCUT2D eigenvalue weighted by molar-refractivity contribution is -0.113. The molecule has 0 aliphatic heterocycles. The van der Waals surface area contributed by atoms with Gasteiger partial charge in [-0.1, -0.05) is 30.0 Å². The van der Waals surface area contributed by atoms with Gasteiger partial charge in [0.2, 0.25) is 5.91 Å². The predicted octanol–water partition coefficient (Wildman–Crippen LogP) is 3.86. The van der Waals surface area contributed by atoms with Crippen molar-refractivity contribution in [3.05, 3.63) is 83.9 Å². The maximum absolute atomic E-state index is 12.5. The van der Waals surface area contributed by atoms with Crippen molar-refractivity contribution in [1.82, 2.24) is 24.5 Å². The molecule has 0 unspecified atom stereocenters. The Hall–Kier alpha value is -3.39. The molecule has 2 aromatic carbocycles. The second-order valence-corrected chi connectivity index (χ2v) is 7.94. The van der Waals surface area contributed by atoms with Crippen molar-refractivity contribution in [2.75, 3.05) is 11.1 Å². The maximum Gasteiger partial charge on any atom is 0.234 e. The summed E-state index contributed by atoms with van der Waals surface area (Å²) in [6.45, 7) is 4.81. The van der Waals surface area contributed by atoms with Gasteiger partial charge < -0.3 is 5.32 Å². The molecule has 1 N–H and O–H groups in total. The van der Waals surface area contributed by atoms with Gasteiger partial charge in [0.1, 0.15) is 6.33 Å². The Kier molecular flexibility index (Phi) is 5.94. The number of nitrogens with zero attached hydrogens (tertiary/aromatic N) is 5. The highest BCUT2D eigenvalue weighted by atomic mass is 32.2. The van der Waals surface area contributed by atoms with Crippen molar-refractivity contribution in [2.24, 2.45) is 0 Å². The Morgan fingerprint density at radius 2 is 2.00 bits per heavy atom. The van der Waals surface area contributed by atoms with Gasteiger partial charge in [0, 0.05) is 23.8 Å². The van der Waals surface area contributed by atoms with Gasteiger partial charge >= 0.3 is 0 Å². The monoisotopic (exact) mass is 418 g/mol. The fraction of sp³-hybridized carbons (Fsp3) is 0.182. The summed E-state index contributed by atoms with van der Waals surface area (Å²) in [5, 5.41) is 16.0. The van der Waals surface area contributed by atoms with Crippen LogP contribution in [0.2, 0.25) is 0 Å². The highest BCUT2D eigenvalue weighted by molar-refractivity contribution is 7.99. The number of carbonyl (C=O) groups excluding carboxylic acids is 1. The molecule has 0 radical (unpaired) electrons. The Morgan fingerprint density at radius 3 is 2.80 bits per heavy atom. The van der Waals surface area contributed by atoms with Crippen LogP contribution in [0.3, 0.4) is 0 Å². The van der Waals surface area contributed by atoms with Crippen LogP contribution in [-0.2, 0) is 11.3 Å². The van der Waals surface area contributed by atoms with Gasteiger partial charge in [-0.3, -0.25) is 14.0 Å². The fourth-order valence-electron chi connectivity index (χ4n) is 3.03. The van der Waals surface area contributed by atoms with E-state index in [4.69, 9.17) is 0 Å². The van der Waals surface area contributed by atoms with Crippen molar-refractivity contribution < 1.29 is 4.79 Å². The number of nitrogens with one attached hydrogen (secondary N) is 1. The summed E-state index contributed by atoms with van der Waals surface area (Å²) in [6.07, 6.45) is 5.33. The first-order valence-electron chi connectivity index (χ1n) is 9.55. The number of anilines is 1. The summed E-state index contributed by atoms with van der Waals surface area (Å²) in [5.74, 6) is 0.151. The van der Waals surface area contributed by atoms with E-state index in [9.17, 15) is 4.79 Å².